The predicted octanol–water partition coefficient (Wildman–Crippen LogP) is 2.42. The summed E-state index contributed by atoms with van der Waals surface area (Å²) >= 11 is 0. The topological polar surface area (TPSA) is 54.2 Å². The molecule has 0 amide bonds. The summed E-state index contributed by atoms with van der Waals surface area (Å²) in [6, 6.07) is 8.98. The van der Waals surface area contributed by atoms with Crippen molar-refractivity contribution in [3.05, 3.63) is 47.1 Å². The fraction of sp³-hybridized carbons (Fsp3) is 0.529. The molecule has 2 aromatic rings. The van der Waals surface area contributed by atoms with Gasteiger partial charge in [0.15, 0.2) is 5.82 Å². The van der Waals surface area contributed by atoms with E-state index in [4.69, 9.17) is 4.52 Å². The molecule has 0 saturated carbocycles. The van der Waals surface area contributed by atoms with Crippen LogP contribution >= 0.6 is 12.4 Å². The third-order valence-electron chi connectivity index (χ3n) is 4.35. The van der Waals surface area contributed by atoms with Gasteiger partial charge in [-0.1, -0.05) is 36.3 Å². The molecule has 1 aromatic heterocycles. The minimum Gasteiger partial charge on any atom is -0.339 e. The Kier molecular flexibility index (Phi) is 6.57. The molecule has 23 heavy (non-hydrogen) atoms. The molecule has 3 rings (SSSR count). The van der Waals surface area contributed by atoms with E-state index in [0.29, 0.717) is 0 Å². The second-order valence-electron chi connectivity index (χ2n) is 5.92. The zero-order valence-corrected chi connectivity index (χ0v) is 14.6. The van der Waals surface area contributed by atoms with Gasteiger partial charge in [0.25, 0.3) is 0 Å². The lowest BCUT2D eigenvalue weighted by molar-refractivity contribution is 0.190. The molecule has 0 spiro atoms. The lowest BCUT2D eigenvalue weighted by Gasteiger charge is -2.30. The standard InChI is InChI=1S/C17H24N4O.ClH/c1-3-13-4-6-14(7-5-13)8-9-16-19-17(20-22-16)15-12-18-10-11-21(15)2;/h4-7,15,18H,3,8-12H2,1-2H3;1H. The summed E-state index contributed by atoms with van der Waals surface area (Å²) in [5, 5.41) is 7.54. The quantitative estimate of drug-likeness (QED) is 0.908. The summed E-state index contributed by atoms with van der Waals surface area (Å²) in [5.74, 6) is 1.53. The maximum atomic E-state index is 5.42. The van der Waals surface area contributed by atoms with Crippen LogP contribution in [-0.4, -0.2) is 41.7 Å². The number of nitrogens with one attached hydrogen (secondary N) is 1. The Morgan fingerprint density at radius 3 is 2.65 bits per heavy atom. The van der Waals surface area contributed by atoms with Crippen LogP contribution < -0.4 is 5.32 Å². The number of aromatic nitrogens is 2. The normalized spacial score (nSPS) is 18.6. The van der Waals surface area contributed by atoms with Crippen LogP contribution in [0.2, 0.25) is 0 Å². The Balaban J connectivity index is 0.00000192. The number of hydrogen-bond acceptors (Lipinski definition) is 5. The Hall–Kier alpha value is -1.43. The Bertz CT molecular complexity index is 599. The van der Waals surface area contributed by atoms with Crippen molar-refractivity contribution in [1.29, 1.82) is 0 Å². The first-order valence-electron chi connectivity index (χ1n) is 8.07. The van der Waals surface area contributed by atoms with Gasteiger partial charge in [-0.3, -0.25) is 4.90 Å². The smallest absolute Gasteiger partial charge is 0.227 e. The zero-order valence-electron chi connectivity index (χ0n) is 13.8. The van der Waals surface area contributed by atoms with Crippen molar-refractivity contribution in [2.45, 2.75) is 32.2 Å². The molecule has 2 heterocycles. The van der Waals surface area contributed by atoms with Gasteiger partial charge in [0, 0.05) is 26.1 Å². The molecule has 1 saturated heterocycles. The highest BCUT2D eigenvalue weighted by molar-refractivity contribution is 5.85. The minimum absolute atomic E-state index is 0. The molecule has 1 fully saturated rings. The van der Waals surface area contributed by atoms with Crippen LogP contribution in [0.3, 0.4) is 0 Å². The van der Waals surface area contributed by atoms with Crippen molar-refractivity contribution < 1.29 is 4.52 Å². The molecule has 1 N–H and O–H groups in total. The largest absolute Gasteiger partial charge is 0.339 e. The second-order valence-corrected chi connectivity index (χ2v) is 5.92. The number of benzene rings is 1. The maximum absolute atomic E-state index is 5.42. The monoisotopic (exact) mass is 336 g/mol. The average Bonchev–Trinajstić information content (AvgIpc) is 3.02. The van der Waals surface area contributed by atoms with E-state index in [9.17, 15) is 0 Å². The molecule has 0 aliphatic carbocycles. The van der Waals surface area contributed by atoms with Gasteiger partial charge in [-0.15, -0.1) is 12.4 Å². The third kappa shape index (κ3) is 4.53. The lowest BCUT2D eigenvalue weighted by atomic mass is 10.1. The van der Waals surface area contributed by atoms with Crippen LogP contribution in [0, 0.1) is 0 Å². The molecule has 5 nitrogen and oxygen atoms in total. The van der Waals surface area contributed by atoms with E-state index in [1.54, 1.807) is 0 Å². The van der Waals surface area contributed by atoms with Crippen molar-refractivity contribution in [1.82, 2.24) is 20.4 Å². The van der Waals surface area contributed by atoms with Crippen LogP contribution in [0.4, 0.5) is 0 Å². The summed E-state index contributed by atoms with van der Waals surface area (Å²) in [7, 11) is 2.11. The number of rotatable bonds is 5. The highest BCUT2D eigenvalue weighted by Crippen LogP contribution is 2.18. The van der Waals surface area contributed by atoms with Crippen molar-refractivity contribution in [2.75, 3.05) is 26.7 Å². The van der Waals surface area contributed by atoms with Gasteiger partial charge in [-0.2, -0.15) is 4.98 Å². The van der Waals surface area contributed by atoms with Gasteiger partial charge >= 0.3 is 0 Å². The molecule has 126 valence electrons. The van der Waals surface area contributed by atoms with Gasteiger partial charge in [0.05, 0.1) is 6.04 Å². The molecule has 1 unspecified atom stereocenters. The fourth-order valence-electron chi connectivity index (χ4n) is 2.79. The van der Waals surface area contributed by atoms with Gasteiger partial charge in [0.1, 0.15) is 0 Å². The van der Waals surface area contributed by atoms with Gasteiger partial charge < -0.3 is 9.84 Å². The number of aryl methyl sites for hydroxylation is 3. The molecule has 0 radical (unpaired) electrons. The Morgan fingerprint density at radius 2 is 1.96 bits per heavy atom. The molecule has 1 aromatic carbocycles. The third-order valence-corrected chi connectivity index (χ3v) is 4.35. The van der Waals surface area contributed by atoms with Crippen LogP contribution in [0.25, 0.3) is 0 Å². The summed E-state index contributed by atoms with van der Waals surface area (Å²) in [6.07, 6.45) is 2.81. The van der Waals surface area contributed by atoms with Crippen molar-refractivity contribution in [3.8, 4) is 0 Å². The number of piperazine rings is 1. The van der Waals surface area contributed by atoms with Crippen LogP contribution in [0.15, 0.2) is 28.8 Å². The van der Waals surface area contributed by atoms with E-state index in [2.05, 4.69) is 58.6 Å². The van der Waals surface area contributed by atoms with E-state index < -0.39 is 0 Å². The van der Waals surface area contributed by atoms with Crippen LogP contribution in [0.5, 0.6) is 0 Å². The SMILES string of the molecule is CCc1ccc(CCc2nc(C3CNCCN3C)no2)cc1.Cl. The van der Waals surface area contributed by atoms with Gasteiger partial charge in [0.2, 0.25) is 5.89 Å². The fourth-order valence-corrected chi connectivity index (χ4v) is 2.79. The van der Waals surface area contributed by atoms with Crippen LogP contribution in [0.1, 0.15) is 35.8 Å². The molecular weight excluding hydrogens is 312 g/mol. The molecule has 0 bridgehead atoms. The lowest BCUT2D eigenvalue weighted by Crippen LogP contribution is -2.44. The molecule has 1 aliphatic heterocycles. The van der Waals surface area contributed by atoms with Gasteiger partial charge in [-0.25, -0.2) is 0 Å². The number of nitrogens with zero attached hydrogens (tertiary/aromatic N) is 3. The number of hydrogen-bond donors (Lipinski definition) is 1. The number of likely N-dealkylation sites (N-methyl/N-ethyl adjacent to an activating group) is 1. The first-order valence-corrected chi connectivity index (χ1v) is 8.07. The Labute approximate surface area is 143 Å². The highest BCUT2D eigenvalue weighted by atomic mass is 35.5. The summed E-state index contributed by atoms with van der Waals surface area (Å²) in [6.45, 7) is 5.09. The van der Waals surface area contributed by atoms with E-state index in [-0.39, 0.29) is 18.4 Å². The molecule has 1 atom stereocenters. The first kappa shape index (κ1) is 17.9. The molecular formula is C17H25ClN4O. The zero-order chi connectivity index (χ0) is 15.4. The summed E-state index contributed by atoms with van der Waals surface area (Å²) in [5.41, 5.74) is 2.69. The molecule has 6 heteroatoms. The van der Waals surface area contributed by atoms with E-state index in [0.717, 1.165) is 50.6 Å². The number of halogens is 1. The van der Waals surface area contributed by atoms with Crippen LogP contribution in [-0.2, 0) is 19.3 Å². The first-order chi connectivity index (χ1) is 10.8. The highest BCUT2D eigenvalue weighted by Gasteiger charge is 2.25. The van der Waals surface area contributed by atoms with Crippen molar-refractivity contribution in [2.24, 2.45) is 0 Å². The predicted molar refractivity (Wildman–Crippen MR) is 93.0 cm³/mol. The van der Waals surface area contributed by atoms with Gasteiger partial charge in [-0.05, 0) is 31.0 Å². The average molecular weight is 337 g/mol. The van der Waals surface area contributed by atoms with Crippen molar-refractivity contribution >= 4 is 12.4 Å². The minimum atomic E-state index is 0. The Morgan fingerprint density at radius 1 is 1.22 bits per heavy atom. The van der Waals surface area contributed by atoms with E-state index in [1.165, 1.54) is 11.1 Å². The summed E-state index contributed by atoms with van der Waals surface area (Å²) < 4.78 is 5.42. The maximum Gasteiger partial charge on any atom is 0.227 e. The molecule has 1 aliphatic rings. The van der Waals surface area contributed by atoms with E-state index >= 15 is 0 Å². The second kappa shape index (κ2) is 8.43. The van der Waals surface area contributed by atoms with Crippen molar-refractivity contribution in [3.63, 3.8) is 0 Å². The van der Waals surface area contributed by atoms with E-state index in [1.807, 2.05) is 0 Å². The summed E-state index contributed by atoms with van der Waals surface area (Å²) in [4.78, 5) is 6.85.